The maximum absolute atomic E-state index is 14.3. The maximum Gasteiger partial charge on any atom is 0.329 e. The SMILES string of the molecule is C[C@H]1CCc2c(OCCCCCCc3ccc4c(c3)n(C)c(=O)n4C3CCC(=O)NC3=O)ccc3c2N(C1=O)[C@H](C(=O)N[C@@H](CCC(N)=O)C(=O)NC(c1ccccc1)c1ccccc1)C3. The molecule has 3 aliphatic heterocycles. The van der Waals surface area contributed by atoms with Gasteiger partial charge in [-0.2, -0.15) is 0 Å². The van der Waals surface area contributed by atoms with Gasteiger partial charge in [0.2, 0.25) is 35.4 Å². The van der Waals surface area contributed by atoms with Gasteiger partial charge in [-0.3, -0.25) is 48.1 Å². The lowest BCUT2D eigenvalue weighted by molar-refractivity contribution is -0.136. The summed E-state index contributed by atoms with van der Waals surface area (Å²) in [7, 11) is 1.70. The van der Waals surface area contributed by atoms with Gasteiger partial charge < -0.3 is 21.1 Å². The Balaban J connectivity index is 0.891. The van der Waals surface area contributed by atoms with Gasteiger partial charge in [0.25, 0.3) is 0 Å². The maximum atomic E-state index is 14.3. The highest BCUT2D eigenvalue weighted by Gasteiger charge is 2.44. The van der Waals surface area contributed by atoms with Gasteiger partial charge in [0.05, 0.1) is 29.4 Å². The van der Waals surface area contributed by atoms with Gasteiger partial charge in [-0.15, -0.1) is 0 Å². The second kappa shape index (κ2) is 20.0. The number of amides is 6. The molecule has 0 radical (unpaired) electrons. The molecule has 0 aliphatic carbocycles. The van der Waals surface area contributed by atoms with E-state index in [0.29, 0.717) is 36.4 Å². The fraction of sp³-hybridized carbons (Fsp3) is 0.392. The van der Waals surface area contributed by atoms with Crippen molar-refractivity contribution in [1.82, 2.24) is 25.1 Å². The van der Waals surface area contributed by atoms with Crippen molar-refractivity contribution in [2.45, 2.75) is 108 Å². The average molecular weight is 896 g/mol. The topological polar surface area (TPSA) is 204 Å². The number of imide groups is 1. The van der Waals surface area contributed by atoms with E-state index in [1.807, 2.05) is 97.9 Å². The summed E-state index contributed by atoms with van der Waals surface area (Å²) in [4.78, 5) is 93.5. The number of imidazole rings is 1. The van der Waals surface area contributed by atoms with Crippen LogP contribution in [0.3, 0.4) is 0 Å². The molecule has 344 valence electrons. The Morgan fingerprint density at radius 1 is 0.833 bits per heavy atom. The van der Waals surface area contributed by atoms with E-state index in [9.17, 15) is 33.6 Å². The minimum atomic E-state index is -1.10. The van der Waals surface area contributed by atoms with E-state index in [-0.39, 0.29) is 55.5 Å². The molecule has 1 fully saturated rings. The number of piperidine rings is 1. The molecule has 0 saturated carbocycles. The molecule has 0 bridgehead atoms. The number of primary amides is 1. The molecule has 1 saturated heterocycles. The molecule has 4 heterocycles. The summed E-state index contributed by atoms with van der Waals surface area (Å²) in [5, 5.41) is 8.36. The molecule has 15 heteroatoms. The molecule has 66 heavy (non-hydrogen) atoms. The monoisotopic (exact) mass is 895 g/mol. The number of carbonyl (C=O) groups excluding carboxylic acids is 6. The number of fused-ring (bicyclic) bond motifs is 1. The van der Waals surface area contributed by atoms with Gasteiger partial charge in [-0.1, -0.05) is 92.6 Å². The van der Waals surface area contributed by atoms with Crippen LogP contribution in [0.5, 0.6) is 5.75 Å². The van der Waals surface area contributed by atoms with E-state index < -0.39 is 47.8 Å². The van der Waals surface area contributed by atoms with Crippen molar-refractivity contribution in [1.29, 1.82) is 0 Å². The van der Waals surface area contributed by atoms with Crippen molar-refractivity contribution < 1.29 is 33.5 Å². The Hall–Kier alpha value is -7.03. The summed E-state index contributed by atoms with van der Waals surface area (Å²) in [5.74, 6) is -2.16. The fourth-order valence-corrected chi connectivity index (χ4v) is 9.64. The number of aromatic nitrogens is 2. The first-order chi connectivity index (χ1) is 31.9. The van der Waals surface area contributed by atoms with Crippen LogP contribution in [0.4, 0.5) is 5.69 Å². The molecule has 5 N–H and O–H groups in total. The first-order valence-corrected chi connectivity index (χ1v) is 23.0. The van der Waals surface area contributed by atoms with Crippen molar-refractivity contribution in [3.63, 3.8) is 0 Å². The second-order valence-electron chi connectivity index (χ2n) is 17.8. The largest absolute Gasteiger partial charge is 0.493 e. The van der Waals surface area contributed by atoms with Crippen molar-refractivity contribution in [3.05, 3.63) is 129 Å². The lowest BCUT2D eigenvalue weighted by Crippen LogP contribution is -2.55. The van der Waals surface area contributed by atoms with E-state index in [4.69, 9.17) is 10.5 Å². The summed E-state index contributed by atoms with van der Waals surface area (Å²) < 4.78 is 9.45. The molecule has 8 rings (SSSR count). The van der Waals surface area contributed by atoms with Crippen LogP contribution < -0.4 is 37.0 Å². The Kier molecular flexibility index (Phi) is 13.8. The van der Waals surface area contributed by atoms with Crippen LogP contribution in [-0.2, 0) is 55.1 Å². The highest BCUT2D eigenvalue weighted by Crippen LogP contribution is 2.44. The zero-order valence-corrected chi connectivity index (χ0v) is 37.4. The molecule has 4 atom stereocenters. The zero-order valence-electron chi connectivity index (χ0n) is 37.4. The van der Waals surface area contributed by atoms with E-state index in [0.717, 1.165) is 65.4 Å². The van der Waals surface area contributed by atoms with Crippen LogP contribution in [0.2, 0.25) is 0 Å². The molecule has 0 spiro atoms. The van der Waals surface area contributed by atoms with Gasteiger partial charge >= 0.3 is 5.69 Å². The normalized spacial score (nSPS) is 18.4. The quantitative estimate of drug-likeness (QED) is 0.0695. The number of nitrogens with two attached hydrogens (primary N) is 1. The van der Waals surface area contributed by atoms with Crippen LogP contribution >= 0.6 is 0 Å². The first kappa shape index (κ1) is 45.5. The molecule has 5 aromatic rings. The molecular formula is C51H57N7O8. The summed E-state index contributed by atoms with van der Waals surface area (Å²) in [6.45, 7) is 2.35. The second-order valence-corrected chi connectivity index (χ2v) is 17.8. The highest BCUT2D eigenvalue weighted by atomic mass is 16.5. The van der Waals surface area contributed by atoms with Crippen LogP contribution in [0.1, 0.15) is 105 Å². The average Bonchev–Trinajstić information content (AvgIpc) is 3.78. The molecule has 6 amide bonds. The van der Waals surface area contributed by atoms with Gasteiger partial charge in [-0.05, 0) is 85.4 Å². The van der Waals surface area contributed by atoms with Gasteiger partial charge in [0, 0.05) is 37.8 Å². The first-order valence-electron chi connectivity index (χ1n) is 23.0. The number of benzene rings is 4. The molecular weight excluding hydrogens is 839 g/mol. The number of nitrogens with zero attached hydrogens (tertiary/aromatic N) is 3. The number of hydrogen-bond acceptors (Lipinski definition) is 8. The van der Waals surface area contributed by atoms with E-state index in [1.165, 1.54) is 4.57 Å². The zero-order chi connectivity index (χ0) is 46.5. The van der Waals surface area contributed by atoms with Crippen LogP contribution in [-0.4, -0.2) is 63.3 Å². The van der Waals surface area contributed by atoms with E-state index in [2.05, 4.69) is 16.0 Å². The standard InChI is InChI=1S/C51H57N7O8/c1-31-18-21-36-42(66-28-12-4-3-7-13-32-19-23-38-40(29-32)56(2)51(65)57(38)39-24-27-44(60)54-48(39)62)25-20-35-30-41(58(46(35)36)50(31)64)49(63)53-37(22-26-43(52)59)47(61)55-45(33-14-8-5-9-15-33)34-16-10-6-11-17-34/h5-6,8-11,14-17,19-20,23,25,29,31,37,39,41,45H,3-4,7,12-13,18,21-22,24,26-28,30H2,1-2H3,(H2,52,59)(H,53,63)(H,55,61)(H,54,60,62)/t31-,37-,39?,41-/m0/s1. The minimum absolute atomic E-state index is 0.0166. The van der Waals surface area contributed by atoms with Crippen LogP contribution in [0.25, 0.3) is 11.0 Å². The number of unbranched alkanes of at least 4 members (excludes halogenated alkanes) is 3. The molecule has 1 unspecified atom stereocenters. The Bertz CT molecular complexity index is 2670. The smallest absolute Gasteiger partial charge is 0.329 e. The number of ether oxygens (including phenoxy) is 1. The third-order valence-electron chi connectivity index (χ3n) is 13.2. The van der Waals surface area contributed by atoms with Gasteiger partial charge in [0.15, 0.2) is 0 Å². The predicted octanol–water partition coefficient (Wildman–Crippen LogP) is 5.00. The molecule has 15 nitrogen and oxygen atoms in total. The Morgan fingerprint density at radius 2 is 1.55 bits per heavy atom. The van der Waals surface area contributed by atoms with Crippen molar-refractivity contribution in [3.8, 4) is 5.75 Å². The number of anilines is 1. The highest BCUT2D eigenvalue weighted by molar-refractivity contribution is 6.06. The summed E-state index contributed by atoms with van der Waals surface area (Å²) in [5.41, 5.74) is 11.9. The molecule has 4 aromatic carbocycles. The molecule has 1 aromatic heterocycles. The number of nitrogens with one attached hydrogen (secondary N) is 3. The number of carbonyl (C=O) groups is 6. The number of aryl methyl sites for hydroxylation is 2. The summed E-state index contributed by atoms with van der Waals surface area (Å²) in [6.07, 6.45) is 6.25. The Labute approximate surface area is 383 Å². The third kappa shape index (κ3) is 9.65. The van der Waals surface area contributed by atoms with Crippen LogP contribution in [0.15, 0.2) is 95.8 Å². The fourth-order valence-electron chi connectivity index (χ4n) is 9.64. The Morgan fingerprint density at radius 3 is 2.24 bits per heavy atom. The summed E-state index contributed by atoms with van der Waals surface area (Å²) in [6, 6.07) is 25.5. The van der Waals surface area contributed by atoms with E-state index in [1.54, 1.807) is 16.5 Å². The third-order valence-corrected chi connectivity index (χ3v) is 13.2. The predicted molar refractivity (Wildman–Crippen MR) is 248 cm³/mol. The van der Waals surface area contributed by atoms with Gasteiger partial charge in [0.1, 0.15) is 23.9 Å². The van der Waals surface area contributed by atoms with Gasteiger partial charge in [-0.25, -0.2) is 4.79 Å². The number of hydrogen-bond donors (Lipinski definition) is 4. The van der Waals surface area contributed by atoms with E-state index >= 15 is 0 Å². The molecule has 3 aliphatic rings. The summed E-state index contributed by atoms with van der Waals surface area (Å²) >= 11 is 0. The lowest BCUT2D eigenvalue weighted by atomic mass is 9.97. The van der Waals surface area contributed by atoms with Crippen molar-refractivity contribution >= 4 is 52.2 Å². The van der Waals surface area contributed by atoms with Crippen molar-refractivity contribution in [2.75, 3.05) is 11.5 Å². The number of rotatable bonds is 18. The van der Waals surface area contributed by atoms with Crippen molar-refractivity contribution in [2.24, 2.45) is 18.7 Å². The lowest BCUT2D eigenvalue weighted by Gasteiger charge is -2.29. The van der Waals surface area contributed by atoms with Crippen LogP contribution in [0, 0.1) is 5.92 Å². The minimum Gasteiger partial charge on any atom is -0.493 e.